The van der Waals surface area contributed by atoms with Crippen LogP contribution in [0.15, 0.2) is 18.2 Å². The predicted molar refractivity (Wildman–Crippen MR) is 87.1 cm³/mol. The number of benzene rings is 1. The zero-order chi connectivity index (χ0) is 15.6. The summed E-state index contributed by atoms with van der Waals surface area (Å²) in [5.41, 5.74) is 7.12. The van der Waals surface area contributed by atoms with Crippen LogP contribution in [0.2, 0.25) is 5.02 Å². The molecular formula is C17H26ClFN2. The smallest absolute Gasteiger partial charge is 0.145 e. The molecule has 0 aliphatic heterocycles. The number of rotatable bonds is 4. The summed E-state index contributed by atoms with van der Waals surface area (Å²) < 4.78 is 14.1. The van der Waals surface area contributed by atoms with E-state index in [1.807, 2.05) is 0 Å². The van der Waals surface area contributed by atoms with E-state index in [9.17, 15) is 4.39 Å². The minimum atomic E-state index is -0.326. The van der Waals surface area contributed by atoms with Crippen LogP contribution < -0.4 is 5.73 Å². The van der Waals surface area contributed by atoms with E-state index in [1.165, 1.54) is 12.8 Å². The number of hydrogen-bond acceptors (Lipinski definition) is 2. The molecular weight excluding hydrogens is 287 g/mol. The Morgan fingerprint density at radius 2 is 2.19 bits per heavy atom. The normalized spacial score (nSPS) is 27.9. The molecule has 21 heavy (non-hydrogen) atoms. The minimum Gasteiger partial charge on any atom is -0.326 e. The van der Waals surface area contributed by atoms with Crippen LogP contribution in [0.3, 0.4) is 0 Å². The summed E-state index contributed by atoms with van der Waals surface area (Å²) in [7, 11) is 4.18. The van der Waals surface area contributed by atoms with Crippen LogP contribution in [0.4, 0.5) is 4.39 Å². The van der Waals surface area contributed by atoms with Gasteiger partial charge < -0.3 is 10.6 Å². The maximum Gasteiger partial charge on any atom is 0.145 e. The third kappa shape index (κ3) is 3.41. The van der Waals surface area contributed by atoms with Crippen molar-refractivity contribution in [2.24, 2.45) is 11.7 Å². The fourth-order valence-electron chi connectivity index (χ4n) is 3.77. The molecule has 0 aromatic heterocycles. The van der Waals surface area contributed by atoms with Crippen molar-refractivity contribution in [2.75, 3.05) is 14.1 Å². The van der Waals surface area contributed by atoms with E-state index >= 15 is 0 Å². The first-order valence-corrected chi connectivity index (χ1v) is 8.10. The Labute approximate surface area is 132 Å². The van der Waals surface area contributed by atoms with E-state index in [1.54, 1.807) is 18.2 Å². The second-order valence-corrected chi connectivity index (χ2v) is 7.13. The second-order valence-electron chi connectivity index (χ2n) is 6.72. The van der Waals surface area contributed by atoms with E-state index < -0.39 is 0 Å². The molecule has 2 N–H and O–H groups in total. The Bertz CT molecular complexity index is 492. The van der Waals surface area contributed by atoms with Crippen LogP contribution in [-0.4, -0.2) is 30.6 Å². The zero-order valence-corrected chi connectivity index (χ0v) is 14.0. The third-order valence-electron chi connectivity index (χ3n) is 5.06. The van der Waals surface area contributed by atoms with E-state index in [0.29, 0.717) is 17.9 Å². The van der Waals surface area contributed by atoms with Crippen molar-refractivity contribution in [2.45, 2.75) is 50.6 Å². The van der Waals surface area contributed by atoms with Gasteiger partial charge in [-0.2, -0.15) is 0 Å². The van der Waals surface area contributed by atoms with Crippen molar-refractivity contribution in [3.05, 3.63) is 34.6 Å². The van der Waals surface area contributed by atoms with Gasteiger partial charge in [-0.3, -0.25) is 0 Å². The van der Waals surface area contributed by atoms with Crippen molar-refractivity contribution >= 4 is 11.6 Å². The number of nitrogens with zero attached hydrogens (tertiary/aromatic N) is 1. The molecule has 0 saturated heterocycles. The summed E-state index contributed by atoms with van der Waals surface area (Å²) in [5, 5.41) is 0.176. The largest absolute Gasteiger partial charge is 0.326 e. The van der Waals surface area contributed by atoms with Gasteiger partial charge in [0.2, 0.25) is 0 Å². The predicted octanol–water partition coefficient (Wildman–Crippen LogP) is 3.86. The molecule has 0 amide bonds. The molecule has 1 aliphatic carbocycles. The Morgan fingerprint density at radius 1 is 1.48 bits per heavy atom. The fourth-order valence-corrected chi connectivity index (χ4v) is 3.97. The first-order valence-electron chi connectivity index (χ1n) is 7.72. The van der Waals surface area contributed by atoms with Gasteiger partial charge in [0.05, 0.1) is 5.02 Å². The Balaban J connectivity index is 2.23. The summed E-state index contributed by atoms with van der Waals surface area (Å²) >= 11 is 5.88. The number of halogens is 2. The van der Waals surface area contributed by atoms with Gasteiger partial charge in [-0.25, -0.2) is 4.39 Å². The van der Waals surface area contributed by atoms with E-state index in [0.717, 1.165) is 12.8 Å². The molecule has 1 aromatic carbocycles. The van der Waals surface area contributed by atoms with Crippen LogP contribution in [0.1, 0.15) is 38.2 Å². The Kier molecular flexibility index (Phi) is 5.29. The number of likely N-dealkylation sites (N-methyl/N-ethyl adjacent to an activating group) is 1. The van der Waals surface area contributed by atoms with Crippen LogP contribution in [0.5, 0.6) is 0 Å². The highest BCUT2D eigenvalue weighted by Crippen LogP contribution is 2.38. The van der Waals surface area contributed by atoms with E-state index in [-0.39, 0.29) is 22.4 Å². The highest BCUT2D eigenvalue weighted by Gasteiger charge is 2.42. The van der Waals surface area contributed by atoms with Crippen LogP contribution in [0, 0.1) is 11.7 Å². The SMILES string of the molecule is CC1CCCC(C(N)Cc2cccc(Cl)c2F)(N(C)C)C1. The van der Waals surface area contributed by atoms with Crippen LogP contribution >= 0.6 is 11.6 Å². The molecule has 118 valence electrons. The van der Waals surface area contributed by atoms with Gasteiger partial charge in [-0.05, 0) is 50.9 Å². The molecule has 4 heteroatoms. The lowest BCUT2D eigenvalue weighted by atomic mass is 9.70. The number of hydrogen-bond donors (Lipinski definition) is 1. The summed E-state index contributed by atoms with van der Waals surface area (Å²) in [4.78, 5) is 2.25. The van der Waals surface area contributed by atoms with E-state index in [2.05, 4.69) is 25.9 Å². The minimum absolute atomic E-state index is 0.0492. The average Bonchev–Trinajstić information content (AvgIpc) is 2.43. The summed E-state index contributed by atoms with van der Waals surface area (Å²) in [6.07, 6.45) is 5.12. The lowest BCUT2D eigenvalue weighted by molar-refractivity contribution is 0.0501. The Hall–Kier alpha value is -0.640. The van der Waals surface area contributed by atoms with Crippen LogP contribution in [0.25, 0.3) is 0 Å². The number of nitrogens with two attached hydrogens (primary N) is 1. The Morgan fingerprint density at radius 3 is 2.81 bits per heavy atom. The molecule has 1 aromatic rings. The molecule has 1 aliphatic rings. The van der Waals surface area contributed by atoms with Crippen LogP contribution in [-0.2, 0) is 6.42 Å². The van der Waals surface area contributed by atoms with Crippen molar-refractivity contribution in [3.8, 4) is 0 Å². The molecule has 2 nitrogen and oxygen atoms in total. The highest BCUT2D eigenvalue weighted by molar-refractivity contribution is 6.30. The van der Waals surface area contributed by atoms with Crippen molar-refractivity contribution < 1.29 is 4.39 Å². The molecule has 3 atom stereocenters. The molecule has 0 spiro atoms. The molecule has 1 fully saturated rings. The monoisotopic (exact) mass is 312 g/mol. The molecule has 0 radical (unpaired) electrons. The lowest BCUT2D eigenvalue weighted by Gasteiger charge is -2.49. The fraction of sp³-hybridized carbons (Fsp3) is 0.647. The lowest BCUT2D eigenvalue weighted by Crippen LogP contribution is -2.60. The van der Waals surface area contributed by atoms with E-state index in [4.69, 9.17) is 17.3 Å². The molecule has 1 saturated carbocycles. The zero-order valence-electron chi connectivity index (χ0n) is 13.2. The van der Waals surface area contributed by atoms with Crippen molar-refractivity contribution in [1.82, 2.24) is 4.90 Å². The second kappa shape index (κ2) is 6.64. The third-order valence-corrected chi connectivity index (χ3v) is 5.35. The standard InChI is InChI=1S/C17H26ClFN2/c1-12-6-5-9-17(11-12,21(2)3)15(20)10-13-7-4-8-14(18)16(13)19/h4,7-8,12,15H,5-6,9-11,20H2,1-3H3. The summed E-state index contributed by atoms with van der Waals surface area (Å²) in [6, 6.07) is 5.06. The molecule has 2 rings (SSSR count). The molecule has 0 bridgehead atoms. The summed E-state index contributed by atoms with van der Waals surface area (Å²) in [6.45, 7) is 2.28. The first-order chi connectivity index (χ1) is 9.86. The van der Waals surface area contributed by atoms with Crippen molar-refractivity contribution in [1.29, 1.82) is 0 Å². The van der Waals surface area contributed by atoms with Gasteiger partial charge in [0.1, 0.15) is 5.82 Å². The van der Waals surface area contributed by atoms with Gasteiger partial charge in [0, 0.05) is 11.6 Å². The quantitative estimate of drug-likeness (QED) is 0.914. The topological polar surface area (TPSA) is 29.3 Å². The average molecular weight is 313 g/mol. The summed E-state index contributed by atoms with van der Waals surface area (Å²) in [5.74, 6) is 0.337. The first kappa shape index (κ1) is 16.7. The van der Waals surface area contributed by atoms with Gasteiger partial charge >= 0.3 is 0 Å². The van der Waals surface area contributed by atoms with Gasteiger partial charge in [-0.1, -0.05) is 43.5 Å². The molecule has 0 heterocycles. The van der Waals surface area contributed by atoms with Crippen molar-refractivity contribution in [3.63, 3.8) is 0 Å². The maximum atomic E-state index is 14.1. The maximum absolute atomic E-state index is 14.1. The van der Waals surface area contributed by atoms with Gasteiger partial charge in [-0.15, -0.1) is 0 Å². The molecule has 3 unspecified atom stereocenters. The van der Waals surface area contributed by atoms with Gasteiger partial charge in [0.15, 0.2) is 0 Å². The van der Waals surface area contributed by atoms with Gasteiger partial charge in [0.25, 0.3) is 0 Å². The highest BCUT2D eigenvalue weighted by atomic mass is 35.5.